The lowest BCUT2D eigenvalue weighted by molar-refractivity contribution is 0.802. The zero-order valence-electron chi connectivity index (χ0n) is 11.6. The average molecular weight is 450 g/mol. The highest BCUT2D eigenvalue weighted by Gasteiger charge is 2.38. The SMILES string of the molecule is C=CCN=C(NCC)NC1CC1c1ccc(Br)cc1.I. The van der Waals surface area contributed by atoms with Gasteiger partial charge in [0.2, 0.25) is 0 Å². The molecule has 0 aromatic heterocycles. The van der Waals surface area contributed by atoms with Crippen molar-refractivity contribution in [3.8, 4) is 0 Å². The Kier molecular flexibility index (Phi) is 7.58. The van der Waals surface area contributed by atoms with E-state index in [0.29, 0.717) is 18.5 Å². The largest absolute Gasteiger partial charge is 0.357 e. The smallest absolute Gasteiger partial charge is 0.191 e. The Balaban J connectivity index is 0.00000200. The summed E-state index contributed by atoms with van der Waals surface area (Å²) in [5, 5.41) is 6.72. The number of guanidine groups is 1. The zero-order chi connectivity index (χ0) is 13.7. The fraction of sp³-hybridized carbons (Fsp3) is 0.400. The van der Waals surface area contributed by atoms with Gasteiger partial charge < -0.3 is 10.6 Å². The Hall–Kier alpha value is -0.560. The van der Waals surface area contributed by atoms with E-state index in [1.54, 1.807) is 6.08 Å². The van der Waals surface area contributed by atoms with Gasteiger partial charge in [-0.1, -0.05) is 34.1 Å². The monoisotopic (exact) mass is 449 g/mol. The molecule has 2 unspecified atom stereocenters. The number of hydrogen-bond acceptors (Lipinski definition) is 1. The summed E-state index contributed by atoms with van der Waals surface area (Å²) in [6.45, 7) is 7.28. The predicted octanol–water partition coefficient (Wildman–Crippen LogP) is 3.66. The van der Waals surface area contributed by atoms with Crippen molar-refractivity contribution in [3.63, 3.8) is 0 Å². The number of halogens is 2. The van der Waals surface area contributed by atoms with Crippen LogP contribution in [0.2, 0.25) is 0 Å². The van der Waals surface area contributed by atoms with Crippen molar-refractivity contribution >= 4 is 45.9 Å². The minimum absolute atomic E-state index is 0. The van der Waals surface area contributed by atoms with Gasteiger partial charge in [0.1, 0.15) is 0 Å². The first-order chi connectivity index (χ1) is 9.24. The maximum absolute atomic E-state index is 4.42. The van der Waals surface area contributed by atoms with Crippen molar-refractivity contribution < 1.29 is 0 Å². The van der Waals surface area contributed by atoms with E-state index in [4.69, 9.17) is 0 Å². The summed E-state index contributed by atoms with van der Waals surface area (Å²) in [5.41, 5.74) is 1.39. The molecule has 0 aliphatic heterocycles. The number of nitrogens with zero attached hydrogens (tertiary/aromatic N) is 1. The molecule has 0 amide bonds. The van der Waals surface area contributed by atoms with E-state index in [2.05, 4.69) is 69.3 Å². The van der Waals surface area contributed by atoms with E-state index >= 15 is 0 Å². The molecular formula is C15H21BrIN3. The molecular weight excluding hydrogens is 429 g/mol. The molecule has 1 aliphatic rings. The topological polar surface area (TPSA) is 36.4 Å². The van der Waals surface area contributed by atoms with Crippen LogP contribution in [-0.4, -0.2) is 25.1 Å². The zero-order valence-corrected chi connectivity index (χ0v) is 15.5. The van der Waals surface area contributed by atoms with Gasteiger partial charge >= 0.3 is 0 Å². The molecule has 1 aromatic carbocycles. The summed E-state index contributed by atoms with van der Waals surface area (Å²) in [6, 6.07) is 9.06. The van der Waals surface area contributed by atoms with E-state index in [0.717, 1.165) is 17.0 Å². The van der Waals surface area contributed by atoms with Crippen LogP contribution in [0.4, 0.5) is 0 Å². The van der Waals surface area contributed by atoms with E-state index in [1.165, 1.54) is 12.0 Å². The second-order valence-electron chi connectivity index (χ2n) is 4.65. The summed E-state index contributed by atoms with van der Waals surface area (Å²) >= 11 is 3.47. The van der Waals surface area contributed by atoms with Gasteiger partial charge in [-0.05, 0) is 31.0 Å². The Morgan fingerprint density at radius 3 is 2.75 bits per heavy atom. The lowest BCUT2D eigenvalue weighted by Gasteiger charge is -2.10. The van der Waals surface area contributed by atoms with Crippen molar-refractivity contribution in [2.75, 3.05) is 13.1 Å². The fourth-order valence-corrected chi connectivity index (χ4v) is 2.35. The first-order valence-corrected chi connectivity index (χ1v) is 7.45. The summed E-state index contributed by atoms with van der Waals surface area (Å²) in [4.78, 5) is 4.42. The van der Waals surface area contributed by atoms with E-state index < -0.39 is 0 Å². The maximum Gasteiger partial charge on any atom is 0.191 e. The Morgan fingerprint density at radius 2 is 2.15 bits per heavy atom. The molecule has 0 radical (unpaired) electrons. The van der Waals surface area contributed by atoms with Crippen LogP contribution in [0.1, 0.15) is 24.8 Å². The molecule has 0 bridgehead atoms. The van der Waals surface area contributed by atoms with Gasteiger partial charge in [0.15, 0.2) is 5.96 Å². The van der Waals surface area contributed by atoms with Crippen LogP contribution < -0.4 is 10.6 Å². The van der Waals surface area contributed by atoms with Gasteiger partial charge in [-0.15, -0.1) is 30.6 Å². The summed E-state index contributed by atoms with van der Waals surface area (Å²) in [7, 11) is 0. The number of aliphatic imine (C=N–C) groups is 1. The van der Waals surface area contributed by atoms with Crippen molar-refractivity contribution in [1.29, 1.82) is 0 Å². The molecule has 20 heavy (non-hydrogen) atoms. The minimum Gasteiger partial charge on any atom is -0.357 e. The minimum atomic E-state index is 0. The molecule has 1 fully saturated rings. The molecule has 110 valence electrons. The van der Waals surface area contributed by atoms with Crippen molar-refractivity contribution in [1.82, 2.24) is 10.6 Å². The summed E-state index contributed by atoms with van der Waals surface area (Å²) in [5.74, 6) is 1.48. The molecule has 3 nitrogen and oxygen atoms in total. The quantitative estimate of drug-likeness (QED) is 0.311. The third-order valence-corrected chi connectivity index (χ3v) is 3.66. The van der Waals surface area contributed by atoms with E-state index in [-0.39, 0.29) is 24.0 Å². The molecule has 2 rings (SSSR count). The number of nitrogens with one attached hydrogen (secondary N) is 2. The van der Waals surface area contributed by atoms with Crippen LogP contribution in [0.5, 0.6) is 0 Å². The number of hydrogen-bond donors (Lipinski definition) is 2. The van der Waals surface area contributed by atoms with Crippen molar-refractivity contribution in [2.45, 2.75) is 25.3 Å². The van der Waals surface area contributed by atoms with Gasteiger partial charge in [0.25, 0.3) is 0 Å². The molecule has 2 atom stereocenters. The molecule has 5 heteroatoms. The molecule has 1 aromatic rings. The van der Waals surface area contributed by atoms with Crippen molar-refractivity contribution in [2.24, 2.45) is 4.99 Å². The molecule has 0 saturated heterocycles. The molecule has 1 saturated carbocycles. The second-order valence-corrected chi connectivity index (χ2v) is 5.57. The fourth-order valence-electron chi connectivity index (χ4n) is 2.08. The molecule has 0 heterocycles. The first kappa shape index (κ1) is 17.5. The first-order valence-electron chi connectivity index (χ1n) is 6.65. The number of rotatable bonds is 5. The van der Waals surface area contributed by atoms with Gasteiger partial charge in [0.05, 0.1) is 6.54 Å². The van der Waals surface area contributed by atoms with E-state index in [1.807, 2.05) is 0 Å². The van der Waals surface area contributed by atoms with Crippen molar-refractivity contribution in [3.05, 3.63) is 47.0 Å². The summed E-state index contributed by atoms with van der Waals surface area (Å²) < 4.78 is 1.13. The Labute approximate surface area is 146 Å². The highest BCUT2D eigenvalue weighted by molar-refractivity contribution is 14.0. The Bertz CT molecular complexity index is 459. The van der Waals surface area contributed by atoms with Crippen LogP contribution >= 0.6 is 39.9 Å². The maximum atomic E-state index is 4.42. The third-order valence-electron chi connectivity index (χ3n) is 3.13. The lowest BCUT2D eigenvalue weighted by Crippen LogP contribution is -2.39. The van der Waals surface area contributed by atoms with Crippen LogP contribution in [0.25, 0.3) is 0 Å². The second kappa shape index (κ2) is 8.67. The predicted molar refractivity (Wildman–Crippen MR) is 100 cm³/mol. The van der Waals surface area contributed by atoms with Crippen LogP contribution in [0, 0.1) is 0 Å². The standard InChI is InChI=1S/C15H20BrN3.HI/c1-3-9-18-15(17-4-2)19-14-10-13(14)11-5-7-12(16)8-6-11;/h3,5-8,13-14H,1,4,9-10H2,2H3,(H2,17,18,19);1H. The highest BCUT2D eigenvalue weighted by Crippen LogP contribution is 2.40. The van der Waals surface area contributed by atoms with E-state index in [9.17, 15) is 0 Å². The van der Waals surface area contributed by atoms with Crippen LogP contribution in [-0.2, 0) is 0 Å². The average Bonchev–Trinajstić information content (AvgIpc) is 3.16. The van der Waals surface area contributed by atoms with Gasteiger partial charge in [-0.2, -0.15) is 0 Å². The normalized spacial score (nSPS) is 20.8. The third kappa shape index (κ3) is 5.09. The summed E-state index contributed by atoms with van der Waals surface area (Å²) in [6.07, 6.45) is 2.97. The Morgan fingerprint density at radius 1 is 1.45 bits per heavy atom. The van der Waals surface area contributed by atoms with Gasteiger partial charge in [-0.25, -0.2) is 4.99 Å². The van der Waals surface area contributed by atoms with Gasteiger partial charge in [-0.3, -0.25) is 0 Å². The lowest BCUT2D eigenvalue weighted by atomic mass is 10.1. The number of benzene rings is 1. The molecule has 1 aliphatic carbocycles. The molecule has 0 spiro atoms. The van der Waals surface area contributed by atoms with Crippen LogP contribution in [0.15, 0.2) is 46.4 Å². The van der Waals surface area contributed by atoms with Crippen LogP contribution in [0.3, 0.4) is 0 Å². The molecule has 2 N–H and O–H groups in total. The van der Waals surface area contributed by atoms with Gasteiger partial charge in [0, 0.05) is 23.0 Å². The highest BCUT2D eigenvalue weighted by atomic mass is 127.